The number of methoxy groups -OCH3 is 1. The van der Waals surface area contributed by atoms with Gasteiger partial charge in [0.25, 0.3) is 0 Å². The van der Waals surface area contributed by atoms with E-state index >= 15 is 0 Å². The number of anilines is 1. The fourth-order valence-corrected chi connectivity index (χ4v) is 2.51. The lowest BCUT2D eigenvalue weighted by atomic mass is 10.2. The zero-order valence-electron chi connectivity index (χ0n) is 8.95. The van der Waals surface area contributed by atoms with E-state index in [0.717, 1.165) is 27.0 Å². The van der Waals surface area contributed by atoms with Crippen LogP contribution in [0.15, 0.2) is 18.2 Å². The molecule has 0 saturated carbocycles. The van der Waals surface area contributed by atoms with Crippen molar-refractivity contribution in [2.75, 3.05) is 12.8 Å². The Kier molecular flexibility index (Phi) is 3.03. The lowest BCUT2D eigenvalue weighted by Gasteiger charge is -2.03. The van der Waals surface area contributed by atoms with Crippen LogP contribution in [-0.4, -0.2) is 12.1 Å². The van der Waals surface area contributed by atoms with Crippen molar-refractivity contribution in [3.8, 4) is 16.3 Å². The van der Waals surface area contributed by atoms with Gasteiger partial charge in [0.05, 0.1) is 17.8 Å². The molecule has 0 aliphatic rings. The molecule has 1 heterocycles. The quantitative estimate of drug-likeness (QED) is 0.894. The Morgan fingerprint density at radius 1 is 1.44 bits per heavy atom. The third-order valence-corrected chi connectivity index (χ3v) is 3.57. The van der Waals surface area contributed by atoms with Gasteiger partial charge in [-0.05, 0) is 25.1 Å². The van der Waals surface area contributed by atoms with Gasteiger partial charge >= 0.3 is 0 Å². The van der Waals surface area contributed by atoms with Crippen LogP contribution in [0.1, 0.15) is 5.69 Å². The van der Waals surface area contributed by atoms with E-state index in [-0.39, 0.29) is 0 Å². The van der Waals surface area contributed by atoms with Gasteiger partial charge in [-0.15, -0.1) is 0 Å². The minimum atomic E-state index is 0.619. The van der Waals surface area contributed by atoms with Crippen LogP contribution in [0.5, 0.6) is 5.75 Å². The van der Waals surface area contributed by atoms with Gasteiger partial charge in [0, 0.05) is 5.56 Å². The molecule has 2 rings (SSSR count). The fraction of sp³-hybridized carbons (Fsp3) is 0.182. The average Bonchev–Trinajstić information content (AvgIpc) is 2.58. The predicted molar refractivity (Wildman–Crippen MR) is 68.3 cm³/mol. The Hall–Kier alpha value is -1.26. The maximum Gasteiger partial charge on any atom is 0.127 e. The number of hydrogen-bond donors (Lipinski definition) is 1. The molecular formula is C11H11ClN2OS. The van der Waals surface area contributed by atoms with Gasteiger partial charge in [-0.25, -0.2) is 4.98 Å². The third kappa shape index (κ3) is 1.99. The van der Waals surface area contributed by atoms with E-state index in [1.165, 1.54) is 11.3 Å². The summed E-state index contributed by atoms with van der Waals surface area (Å²) < 4.78 is 5.09. The lowest BCUT2D eigenvalue weighted by Crippen LogP contribution is -1.84. The van der Waals surface area contributed by atoms with Gasteiger partial charge in [-0.1, -0.05) is 22.9 Å². The topological polar surface area (TPSA) is 48.1 Å². The van der Waals surface area contributed by atoms with Crippen LogP contribution < -0.4 is 10.5 Å². The zero-order valence-corrected chi connectivity index (χ0v) is 10.5. The second-order valence-electron chi connectivity index (χ2n) is 3.31. The third-order valence-electron chi connectivity index (χ3n) is 2.24. The summed E-state index contributed by atoms with van der Waals surface area (Å²) in [5.41, 5.74) is 7.49. The summed E-state index contributed by atoms with van der Waals surface area (Å²) in [5.74, 6) is 0.731. The van der Waals surface area contributed by atoms with Crippen molar-refractivity contribution in [1.29, 1.82) is 0 Å². The van der Waals surface area contributed by atoms with E-state index in [9.17, 15) is 0 Å². The van der Waals surface area contributed by atoms with Gasteiger partial charge in [-0.3, -0.25) is 0 Å². The Balaban J connectivity index is 2.48. The highest BCUT2D eigenvalue weighted by atomic mass is 35.5. The number of nitrogen functional groups attached to an aromatic ring is 1. The van der Waals surface area contributed by atoms with Crippen LogP contribution in [0.3, 0.4) is 0 Å². The number of aryl methyl sites for hydroxylation is 1. The van der Waals surface area contributed by atoms with E-state index in [0.29, 0.717) is 5.02 Å². The van der Waals surface area contributed by atoms with E-state index in [1.54, 1.807) is 13.2 Å². The second-order valence-corrected chi connectivity index (χ2v) is 4.75. The summed E-state index contributed by atoms with van der Waals surface area (Å²) in [5, 5.41) is 2.18. The number of halogens is 1. The number of rotatable bonds is 2. The Labute approximate surface area is 103 Å². The molecule has 16 heavy (non-hydrogen) atoms. The molecule has 0 fully saturated rings. The highest BCUT2D eigenvalue weighted by Gasteiger charge is 2.10. The van der Waals surface area contributed by atoms with Crippen molar-refractivity contribution < 1.29 is 4.74 Å². The molecule has 1 aromatic heterocycles. The van der Waals surface area contributed by atoms with Crippen molar-refractivity contribution in [2.45, 2.75) is 6.92 Å². The maximum absolute atomic E-state index is 6.15. The molecule has 0 saturated heterocycles. The van der Waals surface area contributed by atoms with E-state index in [1.807, 2.05) is 19.1 Å². The first kappa shape index (κ1) is 11.2. The minimum absolute atomic E-state index is 0.619. The molecule has 2 N–H and O–H groups in total. The van der Waals surface area contributed by atoms with Gasteiger partial charge < -0.3 is 10.5 Å². The van der Waals surface area contributed by atoms with Crippen molar-refractivity contribution >= 4 is 27.9 Å². The van der Waals surface area contributed by atoms with Crippen LogP contribution >= 0.6 is 22.9 Å². The molecule has 2 aromatic rings. The molecule has 0 aliphatic heterocycles. The first-order valence-corrected chi connectivity index (χ1v) is 5.88. The Morgan fingerprint density at radius 2 is 2.19 bits per heavy atom. The first-order valence-electron chi connectivity index (χ1n) is 4.68. The summed E-state index contributed by atoms with van der Waals surface area (Å²) in [6.45, 7) is 1.88. The molecule has 5 heteroatoms. The van der Waals surface area contributed by atoms with Crippen molar-refractivity contribution in [2.24, 2.45) is 0 Å². The summed E-state index contributed by atoms with van der Waals surface area (Å²) in [6.07, 6.45) is 0. The number of nitrogens with zero attached hydrogens (tertiary/aromatic N) is 1. The SMILES string of the molecule is COc1ccc(-c2nc(C)c(N)s2)c(Cl)c1. The van der Waals surface area contributed by atoms with Gasteiger partial charge in [-0.2, -0.15) is 0 Å². The molecule has 0 aliphatic carbocycles. The van der Waals surface area contributed by atoms with Crippen molar-refractivity contribution in [3.05, 3.63) is 28.9 Å². The van der Waals surface area contributed by atoms with Crippen LogP contribution in [0.2, 0.25) is 5.02 Å². The highest BCUT2D eigenvalue weighted by molar-refractivity contribution is 7.19. The van der Waals surface area contributed by atoms with Gasteiger partial charge in [0.15, 0.2) is 0 Å². The molecule has 0 bridgehead atoms. The Bertz CT molecular complexity index is 505. The van der Waals surface area contributed by atoms with Crippen LogP contribution in [0.4, 0.5) is 5.00 Å². The number of aromatic nitrogens is 1. The van der Waals surface area contributed by atoms with Gasteiger partial charge in [0.2, 0.25) is 0 Å². The molecular weight excluding hydrogens is 244 g/mol. The lowest BCUT2D eigenvalue weighted by molar-refractivity contribution is 0.415. The van der Waals surface area contributed by atoms with Crippen LogP contribution in [-0.2, 0) is 0 Å². The molecule has 0 spiro atoms. The van der Waals surface area contributed by atoms with E-state index in [2.05, 4.69) is 4.98 Å². The molecule has 3 nitrogen and oxygen atoms in total. The number of hydrogen-bond acceptors (Lipinski definition) is 4. The first-order chi connectivity index (χ1) is 7.61. The predicted octanol–water partition coefficient (Wildman–Crippen LogP) is 3.36. The van der Waals surface area contributed by atoms with Crippen molar-refractivity contribution in [3.63, 3.8) is 0 Å². The standard InChI is InChI=1S/C11H11ClN2OS/c1-6-10(13)16-11(14-6)8-4-3-7(15-2)5-9(8)12/h3-5H,13H2,1-2H3. The zero-order chi connectivity index (χ0) is 11.7. The Morgan fingerprint density at radius 3 is 2.69 bits per heavy atom. The smallest absolute Gasteiger partial charge is 0.127 e. The molecule has 0 unspecified atom stereocenters. The maximum atomic E-state index is 6.15. The normalized spacial score (nSPS) is 10.4. The summed E-state index contributed by atoms with van der Waals surface area (Å²) >= 11 is 7.59. The number of nitrogens with two attached hydrogens (primary N) is 1. The number of benzene rings is 1. The van der Waals surface area contributed by atoms with Crippen molar-refractivity contribution in [1.82, 2.24) is 4.98 Å². The monoisotopic (exact) mass is 254 g/mol. The van der Waals surface area contributed by atoms with Gasteiger partial charge in [0.1, 0.15) is 15.8 Å². The minimum Gasteiger partial charge on any atom is -0.497 e. The van der Waals surface area contributed by atoms with Crippen LogP contribution in [0, 0.1) is 6.92 Å². The summed E-state index contributed by atoms with van der Waals surface area (Å²) in [7, 11) is 1.61. The van der Waals surface area contributed by atoms with E-state index in [4.69, 9.17) is 22.1 Å². The molecule has 84 valence electrons. The molecule has 1 aromatic carbocycles. The molecule has 0 radical (unpaired) electrons. The van der Waals surface area contributed by atoms with Crippen LogP contribution in [0.25, 0.3) is 10.6 Å². The van der Waals surface area contributed by atoms with E-state index < -0.39 is 0 Å². The summed E-state index contributed by atoms with van der Waals surface area (Å²) in [4.78, 5) is 4.37. The number of ether oxygens (including phenoxy) is 1. The molecule has 0 atom stereocenters. The average molecular weight is 255 g/mol. The highest BCUT2D eigenvalue weighted by Crippen LogP contribution is 2.35. The largest absolute Gasteiger partial charge is 0.497 e. The fourth-order valence-electron chi connectivity index (χ4n) is 1.32. The second kappa shape index (κ2) is 4.31. The number of thiazole rings is 1. The molecule has 0 amide bonds. The summed E-state index contributed by atoms with van der Waals surface area (Å²) in [6, 6.07) is 5.51.